The van der Waals surface area contributed by atoms with Gasteiger partial charge in [0.2, 0.25) is 10.0 Å². The maximum absolute atomic E-state index is 10.9. The summed E-state index contributed by atoms with van der Waals surface area (Å²) in [7, 11) is -3.05. The van der Waals surface area contributed by atoms with Crippen LogP contribution in [0, 0.1) is 0 Å². The number of sulfonamides is 1. The fourth-order valence-corrected chi connectivity index (χ4v) is 2.42. The van der Waals surface area contributed by atoms with Gasteiger partial charge in [0, 0.05) is 25.7 Å². The molecular weight excluding hydrogens is 226 g/mol. The molecule has 0 bridgehead atoms. The van der Waals surface area contributed by atoms with Gasteiger partial charge in [0.15, 0.2) is 0 Å². The predicted octanol–water partition coefficient (Wildman–Crippen LogP) is -1.01. The third kappa shape index (κ3) is 5.11. The van der Waals surface area contributed by atoms with Gasteiger partial charge in [-0.25, -0.2) is 13.1 Å². The molecule has 1 heterocycles. The van der Waals surface area contributed by atoms with E-state index in [0.717, 1.165) is 26.1 Å². The minimum atomic E-state index is -3.05. The molecule has 3 N–H and O–H groups in total. The normalized spacial score (nSPS) is 23.4. The van der Waals surface area contributed by atoms with Gasteiger partial charge in [0.1, 0.15) is 0 Å². The first-order chi connectivity index (χ1) is 6.01. The van der Waals surface area contributed by atoms with Crippen molar-refractivity contribution in [2.75, 3.05) is 32.4 Å². The van der Waals surface area contributed by atoms with Crippen LogP contribution in [0.15, 0.2) is 0 Å². The topological polar surface area (TPSA) is 75.4 Å². The van der Waals surface area contributed by atoms with Crippen molar-refractivity contribution in [2.45, 2.75) is 12.5 Å². The summed E-state index contributed by atoms with van der Waals surface area (Å²) in [5.41, 5.74) is 5.40. The summed E-state index contributed by atoms with van der Waals surface area (Å²) < 4.78 is 24.4. The first-order valence-electron chi connectivity index (χ1n) is 4.41. The van der Waals surface area contributed by atoms with Crippen molar-refractivity contribution < 1.29 is 8.42 Å². The summed E-state index contributed by atoms with van der Waals surface area (Å²) >= 11 is 0. The second-order valence-electron chi connectivity index (χ2n) is 3.46. The molecule has 86 valence electrons. The highest BCUT2D eigenvalue weighted by Gasteiger charge is 2.23. The molecule has 0 aliphatic carbocycles. The molecule has 0 amide bonds. The van der Waals surface area contributed by atoms with Crippen molar-refractivity contribution in [1.29, 1.82) is 0 Å². The molecular formula is C7H18ClN3O2S. The highest BCUT2D eigenvalue weighted by Crippen LogP contribution is 2.08. The average Bonchev–Trinajstić information content (AvgIpc) is 2.33. The van der Waals surface area contributed by atoms with Crippen molar-refractivity contribution in [2.24, 2.45) is 5.73 Å². The zero-order valence-electron chi connectivity index (χ0n) is 8.27. The van der Waals surface area contributed by atoms with Crippen molar-refractivity contribution in [3.05, 3.63) is 0 Å². The Morgan fingerprint density at radius 1 is 1.57 bits per heavy atom. The van der Waals surface area contributed by atoms with Gasteiger partial charge in [0.05, 0.1) is 6.26 Å². The average molecular weight is 244 g/mol. The van der Waals surface area contributed by atoms with E-state index in [2.05, 4.69) is 9.62 Å². The molecule has 5 nitrogen and oxygen atoms in total. The SMILES string of the molecule is CS(=O)(=O)NC1CCN(CCN)C1.Cl. The fraction of sp³-hybridized carbons (Fsp3) is 1.00. The third-order valence-electron chi connectivity index (χ3n) is 2.10. The van der Waals surface area contributed by atoms with E-state index in [1.54, 1.807) is 0 Å². The van der Waals surface area contributed by atoms with Crippen LogP contribution in [0.2, 0.25) is 0 Å². The van der Waals surface area contributed by atoms with Crippen molar-refractivity contribution in [3.63, 3.8) is 0 Å². The molecule has 7 heteroatoms. The van der Waals surface area contributed by atoms with Crippen molar-refractivity contribution >= 4 is 22.4 Å². The van der Waals surface area contributed by atoms with E-state index in [4.69, 9.17) is 5.73 Å². The summed E-state index contributed by atoms with van der Waals surface area (Å²) in [6.07, 6.45) is 2.08. The maximum Gasteiger partial charge on any atom is 0.208 e. The van der Waals surface area contributed by atoms with Crippen LogP contribution in [-0.2, 0) is 10.0 Å². The Hall–Kier alpha value is 0.120. The third-order valence-corrected chi connectivity index (χ3v) is 2.86. The number of hydrogen-bond acceptors (Lipinski definition) is 4. The van der Waals surface area contributed by atoms with E-state index in [-0.39, 0.29) is 18.4 Å². The lowest BCUT2D eigenvalue weighted by Crippen LogP contribution is -2.37. The van der Waals surface area contributed by atoms with E-state index < -0.39 is 10.0 Å². The summed E-state index contributed by atoms with van der Waals surface area (Å²) in [5, 5.41) is 0. The molecule has 0 aromatic carbocycles. The number of rotatable bonds is 4. The number of nitrogens with two attached hydrogens (primary N) is 1. The molecule has 0 spiro atoms. The smallest absolute Gasteiger partial charge is 0.208 e. The Kier molecular flexibility index (Phi) is 5.92. The summed E-state index contributed by atoms with van der Waals surface area (Å²) in [6, 6.07) is 0.0709. The zero-order valence-corrected chi connectivity index (χ0v) is 9.90. The lowest BCUT2D eigenvalue weighted by atomic mass is 10.3. The molecule has 1 aliphatic heterocycles. The molecule has 1 rings (SSSR count). The second-order valence-corrected chi connectivity index (χ2v) is 5.24. The van der Waals surface area contributed by atoms with E-state index >= 15 is 0 Å². The van der Waals surface area contributed by atoms with E-state index in [1.165, 1.54) is 6.26 Å². The highest BCUT2D eigenvalue weighted by molar-refractivity contribution is 7.88. The number of halogens is 1. The van der Waals surface area contributed by atoms with E-state index in [1.807, 2.05) is 0 Å². The minimum absolute atomic E-state index is 0. The van der Waals surface area contributed by atoms with Crippen LogP contribution in [0.3, 0.4) is 0 Å². The van der Waals surface area contributed by atoms with E-state index in [0.29, 0.717) is 6.54 Å². The molecule has 14 heavy (non-hydrogen) atoms. The molecule has 1 aliphatic rings. The monoisotopic (exact) mass is 243 g/mol. The Balaban J connectivity index is 0.00000169. The van der Waals surface area contributed by atoms with Crippen LogP contribution >= 0.6 is 12.4 Å². The van der Waals surface area contributed by atoms with Gasteiger partial charge >= 0.3 is 0 Å². The van der Waals surface area contributed by atoms with Crippen LogP contribution in [0.25, 0.3) is 0 Å². The van der Waals surface area contributed by atoms with Gasteiger partial charge in [-0.3, -0.25) is 0 Å². The Morgan fingerprint density at radius 3 is 2.71 bits per heavy atom. The second kappa shape index (κ2) is 5.87. The Morgan fingerprint density at radius 2 is 2.21 bits per heavy atom. The Bertz CT molecular complexity index is 258. The number of nitrogens with zero attached hydrogens (tertiary/aromatic N) is 1. The largest absolute Gasteiger partial charge is 0.329 e. The molecule has 1 atom stereocenters. The Labute approximate surface area is 91.5 Å². The summed E-state index contributed by atoms with van der Waals surface area (Å²) in [5.74, 6) is 0. The lowest BCUT2D eigenvalue weighted by Gasteiger charge is -2.14. The molecule has 1 saturated heterocycles. The van der Waals surface area contributed by atoms with Crippen molar-refractivity contribution in [3.8, 4) is 0 Å². The zero-order chi connectivity index (χ0) is 9.90. The quantitative estimate of drug-likeness (QED) is 0.664. The standard InChI is InChI=1S/C7H17N3O2S.ClH/c1-13(11,12)9-7-2-4-10(6-7)5-3-8;/h7,9H,2-6,8H2,1H3;1H. The summed E-state index contributed by atoms with van der Waals surface area (Å²) in [6.45, 7) is 3.20. The van der Waals surface area contributed by atoms with Crippen LogP contribution in [0.5, 0.6) is 0 Å². The fourth-order valence-electron chi connectivity index (χ4n) is 1.62. The van der Waals surface area contributed by atoms with Crippen LogP contribution in [-0.4, -0.2) is 51.8 Å². The van der Waals surface area contributed by atoms with Crippen LogP contribution in [0.1, 0.15) is 6.42 Å². The lowest BCUT2D eigenvalue weighted by molar-refractivity contribution is 0.341. The minimum Gasteiger partial charge on any atom is -0.329 e. The number of nitrogens with one attached hydrogen (secondary N) is 1. The maximum atomic E-state index is 10.9. The molecule has 0 aromatic rings. The summed E-state index contributed by atoms with van der Waals surface area (Å²) in [4.78, 5) is 2.17. The van der Waals surface area contributed by atoms with Gasteiger partial charge in [-0.2, -0.15) is 0 Å². The number of hydrogen-bond donors (Lipinski definition) is 2. The van der Waals surface area contributed by atoms with Crippen molar-refractivity contribution in [1.82, 2.24) is 9.62 Å². The first kappa shape index (κ1) is 14.1. The predicted molar refractivity (Wildman–Crippen MR) is 59.1 cm³/mol. The van der Waals surface area contributed by atoms with Gasteiger partial charge < -0.3 is 10.6 Å². The van der Waals surface area contributed by atoms with Crippen LogP contribution in [0.4, 0.5) is 0 Å². The molecule has 0 saturated carbocycles. The van der Waals surface area contributed by atoms with Gasteiger partial charge in [-0.15, -0.1) is 12.4 Å². The van der Waals surface area contributed by atoms with Crippen LogP contribution < -0.4 is 10.5 Å². The van der Waals surface area contributed by atoms with Gasteiger partial charge in [0.25, 0.3) is 0 Å². The molecule has 0 radical (unpaired) electrons. The number of likely N-dealkylation sites (tertiary alicyclic amines) is 1. The van der Waals surface area contributed by atoms with Gasteiger partial charge in [-0.1, -0.05) is 0 Å². The molecule has 1 unspecified atom stereocenters. The van der Waals surface area contributed by atoms with Gasteiger partial charge in [-0.05, 0) is 13.0 Å². The molecule has 0 aromatic heterocycles. The van der Waals surface area contributed by atoms with E-state index in [9.17, 15) is 8.42 Å². The highest BCUT2D eigenvalue weighted by atomic mass is 35.5. The molecule has 1 fully saturated rings. The first-order valence-corrected chi connectivity index (χ1v) is 6.30.